The molecule has 1 unspecified atom stereocenters. The van der Waals surface area contributed by atoms with Gasteiger partial charge >= 0.3 is 0 Å². The molecule has 2 N–H and O–H groups in total. The van der Waals surface area contributed by atoms with Crippen LogP contribution in [0.1, 0.15) is 6.42 Å². The first-order valence-electron chi connectivity index (χ1n) is 2.23. The van der Waals surface area contributed by atoms with Crippen LogP contribution in [-0.2, 0) is 0 Å². The molecule has 1 nitrogen and oxygen atoms in total. The summed E-state index contributed by atoms with van der Waals surface area (Å²) in [6, 6.07) is 0.509. The van der Waals surface area contributed by atoms with Gasteiger partial charge in [-0.05, 0) is 12.2 Å². The molecule has 0 radical (unpaired) electrons. The molecule has 0 aromatic rings. The summed E-state index contributed by atoms with van der Waals surface area (Å²) in [6.45, 7) is 0. The van der Waals surface area contributed by atoms with Crippen LogP contribution in [0, 0.1) is 0 Å². The number of hydrogen-bond donors (Lipinski definition) is 1. The molecular formula is C4H9NS. The van der Waals surface area contributed by atoms with Crippen molar-refractivity contribution in [3.8, 4) is 0 Å². The van der Waals surface area contributed by atoms with E-state index in [1.165, 1.54) is 17.9 Å². The summed E-state index contributed by atoms with van der Waals surface area (Å²) in [5.74, 6) is 2.46. The van der Waals surface area contributed by atoms with Crippen molar-refractivity contribution in [3.63, 3.8) is 0 Å². The predicted octanol–water partition coefficient (Wildman–Crippen LogP) is 0.451. The molecular weight excluding hydrogens is 94.1 g/mol. The van der Waals surface area contributed by atoms with Crippen LogP contribution in [0.15, 0.2) is 0 Å². The van der Waals surface area contributed by atoms with Gasteiger partial charge in [0.1, 0.15) is 0 Å². The third kappa shape index (κ3) is 0.884. The second-order valence-corrected chi connectivity index (χ2v) is 2.77. The molecule has 1 aliphatic rings. The van der Waals surface area contributed by atoms with Crippen LogP contribution in [-0.4, -0.2) is 17.5 Å². The molecule has 1 saturated heterocycles. The van der Waals surface area contributed by atoms with Gasteiger partial charge in [0.2, 0.25) is 0 Å². The highest BCUT2D eigenvalue weighted by Crippen LogP contribution is 2.14. The van der Waals surface area contributed by atoms with Crippen molar-refractivity contribution in [2.24, 2.45) is 5.73 Å². The van der Waals surface area contributed by atoms with Gasteiger partial charge in [0, 0.05) is 11.8 Å². The van der Waals surface area contributed by atoms with Crippen LogP contribution in [0.3, 0.4) is 0 Å². The fraction of sp³-hybridized carbons (Fsp3) is 1.00. The van der Waals surface area contributed by atoms with E-state index in [1.54, 1.807) is 0 Å². The maximum atomic E-state index is 5.51. The van der Waals surface area contributed by atoms with Crippen molar-refractivity contribution in [1.29, 1.82) is 0 Å². The molecule has 0 aromatic carbocycles. The number of hydrogen-bond acceptors (Lipinski definition) is 2. The highest BCUT2D eigenvalue weighted by Gasteiger charge is 2.08. The molecule has 1 atom stereocenters. The summed E-state index contributed by atoms with van der Waals surface area (Å²) < 4.78 is 0. The zero-order chi connectivity index (χ0) is 4.41. The van der Waals surface area contributed by atoms with Gasteiger partial charge in [0.05, 0.1) is 0 Å². The van der Waals surface area contributed by atoms with Gasteiger partial charge in [-0.3, -0.25) is 0 Å². The fourth-order valence-electron chi connectivity index (χ4n) is 0.553. The normalized spacial score (nSPS) is 34.5. The van der Waals surface area contributed by atoms with Crippen molar-refractivity contribution in [3.05, 3.63) is 0 Å². The van der Waals surface area contributed by atoms with Gasteiger partial charge in [-0.15, -0.1) is 0 Å². The summed E-state index contributed by atoms with van der Waals surface area (Å²) in [4.78, 5) is 0. The molecule has 0 amide bonds. The molecule has 2 heteroatoms. The van der Waals surface area contributed by atoms with Crippen LogP contribution in [0.4, 0.5) is 0 Å². The van der Waals surface area contributed by atoms with Crippen molar-refractivity contribution in [2.75, 3.05) is 11.5 Å². The Labute approximate surface area is 42.3 Å². The molecule has 36 valence electrons. The van der Waals surface area contributed by atoms with Crippen molar-refractivity contribution in [1.82, 2.24) is 0 Å². The Bertz CT molecular complexity index is 40.8. The fourth-order valence-corrected chi connectivity index (χ4v) is 1.66. The average Bonchev–Trinajstić information content (AvgIpc) is 1.86. The molecule has 1 aliphatic heterocycles. The molecule has 0 bridgehead atoms. The van der Waals surface area contributed by atoms with E-state index in [-0.39, 0.29) is 0 Å². The third-order valence-corrected chi connectivity index (χ3v) is 2.15. The molecule has 0 spiro atoms. The van der Waals surface area contributed by atoms with E-state index < -0.39 is 0 Å². The summed E-state index contributed by atoms with van der Waals surface area (Å²) in [5.41, 5.74) is 5.51. The quantitative estimate of drug-likeness (QED) is 0.481. The van der Waals surface area contributed by atoms with Gasteiger partial charge in [-0.2, -0.15) is 11.8 Å². The van der Waals surface area contributed by atoms with E-state index in [9.17, 15) is 0 Å². The maximum Gasteiger partial charge on any atom is 0.0138 e. The second kappa shape index (κ2) is 1.85. The Morgan fingerprint density at radius 1 is 1.67 bits per heavy atom. The molecule has 1 rings (SSSR count). The lowest BCUT2D eigenvalue weighted by molar-refractivity contribution is 0.759. The van der Waals surface area contributed by atoms with Crippen molar-refractivity contribution < 1.29 is 0 Å². The number of rotatable bonds is 0. The Morgan fingerprint density at radius 2 is 2.50 bits per heavy atom. The van der Waals surface area contributed by atoms with Gasteiger partial charge < -0.3 is 5.73 Å². The van der Waals surface area contributed by atoms with Crippen LogP contribution in [0.5, 0.6) is 0 Å². The highest BCUT2D eigenvalue weighted by atomic mass is 32.2. The first-order valence-corrected chi connectivity index (χ1v) is 3.38. The lowest BCUT2D eigenvalue weighted by Crippen LogP contribution is -2.17. The smallest absolute Gasteiger partial charge is 0.0138 e. The summed E-state index contributed by atoms with van der Waals surface area (Å²) >= 11 is 1.96. The van der Waals surface area contributed by atoms with Crippen LogP contribution >= 0.6 is 11.8 Å². The maximum absolute atomic E-state index is 5.51. The Balaban J connectivity index is 2.18. The van der Waals surface area contributed by atoms with Crippen LogP contribution < -0.4 is 5.73 Å². The zero-order valence-electron chi connectivity index (χ0n) is 3.68. The average molecular weight is 103 g/mol. The monoisotopic (exact) mass is 103 g/mol. The van der Waals surface area contributed by atoms with Gasteiger partial charge in [0.25, 0.3) is 0 Å². The third-order valence-electron chi connectivity index (χ3n) is 0.965. The van der Waals surface area contributed by atoms with Crippen LogP contribution in [0.25, 0.3) is 0 Å². The highest BCUT2D eigenvalue weighted by molar-refractivity contribution is 7.99. The van der Waals surface area contributed by atoms with E-state index in [1.807, 2.05) is 11.8 Å². The molecule has 0 aliphatic carbocycles. The van der Waals surface area contributed by atoms with E-state index in [0.717, 1.165) is 0 Å². The minimum Gasteiger partial charge on any atom is -0.327 e. The molecule has 0 saturated carbocycles. The second-order valence-electron chi connectivity index (χ2n) is 1.62. The Kier molecular flexibility index (Phi) is 1.37. The number of thioether (sulfide) groups is 1. The molecule has 6 heavy (non-hydrogen) atoms. The van der Waals surface area contributed by atoms with Gasteiger partial charge in [0.15, 0.2) is 0 Å². The van der Waals surface area contributed by atoms with Crippen LogP contribution in [0.2, 0.25) is 0 Å². The standard InChI is InChI=1S/C4H9NS/c5-4-1-2-6-3-4/h4H,1-3,5H2. The topological polar surface area (TPSA) is 26.0 Å². The summed E-state index contributed by atoms with van der Waals surface area (Å²) in [5, 5.41) is 0. The summed E-state index contributed by atoms with van der Waals surface area (Å²) in [6.07, 6.45) is 1.23. The SMILES string of the molecule is NC1CCSC1. The minimum absolute atomic E-state index is 0.509. The van der Waals surface area contributed by atoms with E-state index >= 15 is 0 Å². The largest absolute Gasteiger partial charge is 0.327 e. The van der Waals surface area contributed by atoms with E-state index in [4.69, 9.17) is 5.73 Å². The van der Waals surface area contributed by atoms with E-state index in [0.29, 0.717) is 6.04 Å². The molecule has 1 fully saturated rings. The molecule has 0 aromatic heterocycles. The Hall–Kier alpha value is 0.310. The van der Waals surface area contributed by atoms with Crippen molar-refractivity contribution >= 4 is 11.8 Å². The van der Waals surface area contributed by atoms with Gasteiger partial charge in [-0.1, -0.05) is 0 Å². The number of nitrogens with two attached hydrogens (primary N) is 1. The van der Waals surface area contributed by atoms with Crippen molar-refractivity contribution in [2.45, 2.75) is 12.5 Å². The first kappa shape index (κ1) is 4.47. The lowest BCUT2D eigenvalue weighted by atomic mass is 10.3. The van der Waals surface area contributed by atoms with E-state index in [2.05, 4.69) is 0 Å². The lowest BCUT2D eigenvalue weighted by Gasteiger charge is -1.91. The van der Waals surface area contributed by atoms with Gasteiger partial charge in [-0.25, -0.2) is 0 Å². The zero-order valence-corrected chi connectivity index (χ0v) is 4.50. The Morgan fingerprint density at radius 3 is 2.67 bits per heavy atom. The minimum atomic E-state index is 0.509. The summed E-state index contributed by atoms with van der Waals surface area (Å²) in [7, 11) is 0. The first-order chi connectivity index (χ1) is 2.89. The molecule has 1 heterocycles. The predicted molar refractivity (Wildman–Crippen MR) is 29.9 cm³/mol.